The van der Waals surface area contributed by atoms with Crippen molar-refractivity contribution in [2.45, 2.75) is 6.92 Å². The van der Waals surface area contributed by atoms with Crippen LogP contribution >= 0.6 is 0 Å². The summed E-state index contributed by atoms with van der Waals surface area (Å²) in [6.45, 7) is 2.34. The number of hydrogen-bond donors (Lipinski definition) is 2. The van der Waals surface area contributed by atoms with Crippen LogP contribution in [0.15, 0.2) is 72.8 Å². The normalized spacial score (nSPS) is 10.2. The van der Waals surface area contributed by atoms with Crippen LogP contribution in [0.25, 0.3) is 0 Å². The third-order valence-electron chi connectivity index (χ3n) is 3.90. The second-order valence-electron chi connectivity index (χ2n) is 5.93. The number of ether oxygens (including phenoxy) is 1. The Morgan fingerprint density at radius 3 is 2.25 bits per heavy atom. The van der Waals surface area contributed by atoms with Gasteiger partial charge in [0, 0.05) is 16.8 Å². The molecule has 3 aromatic rings. The summed E-state index contributed by atoms with van der Waals surface area (Å²) in [5.74, 6) is -0.681. The zero-order chi connectivity index (χ0) is 19.9. The molecule has 0 bridgehead atoms. The summed E-state index contributed by atoms with van der Waals surface area (Å²) >= 11 is 0. The molecule has 0 saturated heterocycles. The number of carbonyl (C=O) groups is 2. The summed E-state index contributed by atoms with van der Waals surface area (Å²) in [5, 5.41) is 5.40. The van der Waals surface area contributed by atoms with Crippen LogP contribution in [0.4, 0.5) is 15.8 Å². The average Bonchev–Trinajstić information content (AvgIpc) is 2.70. The highest BCUT2D eigenvalue weighted by atomic mass is 19.1. The minimum Gasteiger partial charge on any atom is -0.492 e. The van der Waals surface area contributed by atoms with E-state index >= 15 is 0 Å². The van der Waals surface area contributed by atoms with Crippen LogP contribution in [0, 0.1) is 5.82 Å². The lowest BCUT2D eigenvalue weighted by Crippen LogP contribution is -2.16. The molecule has 5 nitrogen and oxygen atoms in total. The number of nitrogens with one attached hydrogen (secondary N) is 2. The van der Waals surface area contributed by atoms with E-state index in [1.54, 1.807) is 42.5 Å². The molecular weight excluding hydrogens is 359 g/mol. The Bertz CT molecular complexity index is 1000. The van der Waals surface area contributed by atoms with Crippen LogP contribution in [0.3, 0.4) is 0 Å². The van der Waals surface area contributed by atoms with E-state index in [1.165, 1.54) is 24.3 Å². The maximum Gasteiger partial charge on any atom is 0.255 e. The van der Waals surface area contributed by atoms with Crippen LogP contribution in [0.5, 0.6) is 5.75 Å². The van der Waals surface area contributed by atoms with Crippen molar-refractivity contribution in [1.82, 2.24) is 0 Å². The summed E-state index contributed by atoms with van der Waals surface area (Å²) in [6.07, 6.45) is 0. The number of benzene rings is 3. The lowest BCUT2D eigenvalue weighted by atomic mass is 10.1. The molecule has 0 aliphatic carbocycles. The predicted molar refractivity (Wildman–Crippen MR) is 106 cm³/mol. The maximum atomic E-state index is 13.3. The molecule has 0 heterocycles. The largest absolute Gasteiger partial charge is 0.492 e. The van der Waals surface area contributed by atoms with Gasteiger partial charge in [0.25, 0.3) is 11.8 Å². The zero-order valence-electron chi connectivity index (χ0n) is 15.2. The molecule has 142 valence electrons. The van der Waals surface area contributed by atoms with E-state index in [0.717, 1.165) is 0 Å². The van der Waals surface area contributed by atoms with E-state index in [-0.39, 0.29) is 11.5 Å². The van der Waals surface area contributed by atoms with E-state index < -0.39 is 11.7 Å². The molecule has 28 heavy (non-hydrogen) atoms. The molecule has 2 N–H and O–H groups in total. The van der Waals surface area contributed by atoms with Crippen molar-refractivity contribution in [3.05, 3.63) is 89.7 Å². The van der Waals surface area contributed by atoms with Gasteiger partial charge < -0.3 is 15.4 Å². The van der Waals surface area contributed by atoms with Gasteiger partial charge >= 0.3 is 0 Å². The molecule has 6 heteroatoms. The molecule has 0 aliphatic rings. The topological polar surface area (TPSA) is 67.4 Å². The highest BCUT2D eigenvalue weighted by Crippen LogP contribution is 2.24. The number of anilines is 2. The summed E-state index contributed by atoms with van der Waals surface area (Å²) in [6, 6.07) is 19.0. The number of carbonyl (C=O) groups excluding carboxylic acids is 2. The van der Waals surface area contributed by atoms with Gasteiger partial charge in [-0.05, 0) is 55.5 Å². The van der Waals surface area contributed by atoms with Crippen LogP contribution in [0.2, 0.25) is 0 Å². The van der Waals surface area contributed by atoms with E-state index in [4.69, 9.17) is 4.74 Å². The maximum absolute atomic E-state index is 13.3. The second-order valence-corrected chi connectivity index (χ2v) is 5.93. The molecule has 3 aromatic carbocycles. The number of rotatable bonds is 6. The minimum atomic E-state index is -0.445. The number of para-hydroxylation sites is 2. The monoisotopic (exact) mass is 378 g/mol. The van der Waals surface area contributed by atoms with Gasteiger partial charge in [-0.25, -0.2) is 4.39 Å². The molecule has 0 unspecified atom stereocenters. The van der Waals surface area contributed by atoms with Crippen molar-refractivity contribution in [2.75, 3.05) is 17.2 Å². The van der Waals surface area contributed by atoms with Gasteiger partial charge in [0.1, 0.15) is 11.6 Å². The van der Waals surface area contributed by atoms with Gasteiger partial charge in [-0.2, -0.15) is 0 Å². The van der Waals surface area contributed by atoms with E-state index in [0.29, 0.717) is 29.3 Å². The first-order valence-corrected chi connectivity index (χ1v) is 8.77. The summed E-state index contributed by atoms with van der Waals surface area (Å²) in [7, 11) is 0. The Hall–Kier alpha value is -3.67. The number of hydrogen-bond acceptors (Lipinski definition) is 3. The van der Waals surface area contributed by atoms with Gasteiger partial charge in [0.05, 0.1) is 12.3 Å². The van der Waals surface area contributed by atoms with Crippen molar-refractivity contribution in [1.29, 1.82) is 0 Å². The van der Waals surface area contributed by atoms with Crippen LogP contribution in [0.1, 0.15) is 27.6 Å². The van der Waals surface area contributed by atoms with Crippen molar-refractivity contribution >= 4 is 23.2 Å². The molecular formula is C22H19FN2O3. The molecule has 0 aromatic heterocycles. The highest BCUT2D eigenvalue weighted by Gasteiger charge is 2.13. The fourth-order valence-corrected chi connectivity index (χ4v) is 2.62. The molecule has 0 spiro atoms. The first-order chi connectivity index (χ1) is 13.6. The van der Waals surface area contributed by atoms with Gasteiger partial charge in [-0.1, -0.05) is 24.3 Å². The lowest BCUT2D eigenvalue weighted by molar-refractivity contribution is 0.102. The molecule has 0 radical (unpaired) electrons. The fraction of sp³-hybridized carbons (Fsp3) is 0.0909. The third-order valence-corrected chi connectivity index (χ3v) is 3.90. The van der Waals surface area contributed by atoms with Crippen LogP contribution < -0.4 is 15.4 Å². The second kappa shape index (κ2) is 8.81. The minimum absolute atomic E-state index is 0.287. The zero-order valence-corrected chi connectivity index (χ0v) is 15.2. The summed E-state index contributed by atoms with van der Waals surface area (Å²) in [4.78, 5) is 25.0. The van der Waals surface area contributed by atoms with Crippen molar-refractivity contribution in [3.63, 3.8) is 0 Å². The molecule has 0 fully saturated rings. The Kier molecular flexibility index (Phi) is 6.01. The van der Waals surface area contributed by atoms with Gasteiger partial charge in [-0.3, -0.25) is 9.59 Å². The first kappa shape index (κ1) is 19.1. The number of amides is 2. The smallest absolute Gasteiger partial charge is 0.255 e. The molecule has 0 saturated carbocycles. The Morgan fingerprint density at radius 2 is 1.54 bits per heavy atom. The van der Waals surface area contributed by atoms with Crippen molar-refractivity contribution < 1.29 is 18.7 Å². The van der Waals surface area contributed by atoms with E-state index in [2.05, 4.69) is 10.6 Å². The van der Waals surface area contributed by atoms with Crippen LogP contribution in [-0.2, 0) is 0 Å². The standard InChI is InChI=1S/C22H19FN2O3/c1-2-28-20-12-4-3-11-19(20)25-22(27)16-8-5-7-15(13-16)21(26)24-18-10-6-9-17(23)14-18/h3-14H,2H2,1H3,(H,24,26)(H,25,27). The van der Waals surface area contributed by atoms with Gasteiger partial charge in [0.2, 0.25) is 0 Å². The SMILES string of the molecule is CCOc1ccccc1NC(=O)c1cccc(C(=O)Nc2cccc(F)c2)c1. The van der Waals surface area contributed by atoms with Crippen molar-refractivity contribution in [3.8, 4) is 5.75 Å². The first-order valence-electron chi connectivity index (χ1n) is 8.77. The Labute approximate surface area is 162 Å². The fourth-order valence-electron chi connectivity index (χ4n) is 2.62. The summed E-state index contributed by atoms with van der Waals surface area (Å²) < 4.78 is 18.8. The molecule has 2 amide bonds. The van der Waals surface area contributed by atoms with E-state index in [9.17, 15) is 14.0 Å². The highest BCUT2D eigenvalue weighted by molar-refractivity contribution is 6.09. The van der Waals surface area contributed by atoms with E-state index in [1.807, 2.05) is 13.0 Å². The quantitative estimate of drug-likeness (QED) is 0.652. The predicted octanol–water partition coefficient (Wildman–Crippen LogP) is 4.73. The third kappa shape index (κ3) is 4.73. The molecule has 3 rings (SSSR count). The van der Waals surface area contributed by atoms with Crippen LogP contribution in [-0.4, -0.2) is 18.4 Å². The average molecular weight is 378 g/mol. The number of halogens is 1. The molecule has 0 atom stereocenters. The molecule has 0 aliphatic heterocycles. The van der Waals surface area contributed by atoms with Crippen molar-refractivity contribution in [2.24, 2.45) is 0 Å². The Morgan fingerprint density at radius 1 is 0.857 bits per heavy atom. The van der Waals surface area contributed by atoms with Gasteiger partial charge in [-0.15, -0.1) is 0 Å². The van der Waals surface area contributed by atoms with Gasteiger partial charge in [0.15, 0.2) is 0 Å². The summed E-state index contributed by atoms with van der Waals surface area (Å²) in [5.41, 5.74) is 1.49. The lowest BCUT2D eigenvalue weighted by Gasteiger charge is -2.12. The Balaban J connectivity index is 1.75.